The highest BCUT2D eigenvalue weighted by Gasteiger charge is 2.49. The predicted molar refractivity (Wildman–Crippen MR) is 112 cm³/mol. The lowest BCUT2D eigenvalue weighted by Crippen LogP contribution is -2.28. The molecule has 1 aliphatic rings. The molecule has 0 saturated heterocycles. The number of hydrogen-bond donors (Lipinski definition) is 0. The molecule has 0 N–H and O–H groups in total. The van der Waals surface area contributed by atoms with Gasteiger partial charge >= 0.3 is 21.6 Å². The van der Waals surface area contributed by atoms with E-state index in [4.69, 9.17) is 21.1 Å². The quantitative estimate of drug-likeness (QED) is 0.339. The highest BCUT2D eigenvalue weighted by molar-refractivity contribution is 7.88. The van der Waals surface area contributed by atoms with Gasteiger partial charge in [0.05, 0.1) is 23.4 Å². The Bertz CT molecular complexity index is 1260. The van der Waals surface area contributed by atoms with Gasteiger partial charge in [-0.3, -0.25) is 4.79 Å². The molecule has 3 rings (SSSR count). The summed E-state index contributed by atoms with van der Waals surface area (Å²) in [6.07, 6.45) is 1.34. The number of rotatable bonds is 5. The molecule has 1 aliphatic heterocycles. The minimum Gasteiger partial charge on any atom is -0.491 e. The second kappa shape index (κ2) is 8.90. The maximum Gasteiger partial charge on any atom is 0.534 e. The Morgan fingerprint density at radius 2 is 1.97 bits per heavy atom. The third kappa shape index (κ3) is 4.81. The van der Waals surface area contributed by atoms with Gasteiger partial charge in [-0.2, -0.15) is 21.6 Å². The smallest absolute Gasteiger partial charge is 0.491 e. The summed E-state index contributed by atoms with van der Waals surface area (Å²) >= 11 is 6.02. The molecule has 180 valence electrons. The van der Waals surface area contributed by atoms with Crippen molar-refractivity contribution in [1.82, 2.24) is 4.57 Å². The molecular formula is C20H19ClF3NO7S. The van der Waals surface area contributed by atoms with Crippen molar-refractivity contribution in [1.29, 1.82) is 0 Å². The number of benzene rings is 1. The van der Waals surface area contributed by atoms with Gasteiger partial charge in [-0.05, 0) is 18.9 Å². The number of aromatic nitrogens is 1. The van der Waals surface area contributed by atoms with Gasteiger partial charge in [0.2, 0.25) is 0 Å². The lowest BCUT2D eigenvalue weighted by molar-refractivity contribution is -0.0500. The zero-order valence-corrected chi connectivity index (χ0v) is 19.2. The van der Waals surface area contributed by atoms with Crippen LogP contribution in [0.15, 0.2) is 29.2 Å². The van der Waals surface area contributed by atoms with Crippen molar-refractivity contribution in [2.45, 2.75) is 32.3 Å². The number of halogens is 4. The van der Waals surface area contributed by atoms with Crippen molar-refractivity contribution < 1.29 is 40.0 Å². The Kier molecular flexibility index (Phi) is 6.72. The molecule has 0 amide bonds. The van der Waals surface area contributed by atoms with E-state index in [1.165, 1.54) is 12.3 Å². The molecule has 1 aromatic carbocycles. The average molecular weight is 510 g/mol. The fraction of sp³-hybridized carbons (Fsp3) is 0.400. The topological polar surface area (TPSA) is 101 Å². The van der Waals surface area contributed by atoms with E-state index in [1.54, 1.807) is 11.5 Å². The number of ether oxygens (including phenoxy) is 2. The molecule has 0 spiro atoms. The van der Waals surface area contributed by atoms with Crippen LogP contribution in [-0.4, -0.2) is 37.7 Å². The normalized spacial score (nSPS) is 15.8. The van der Waals surface area contributed by atoms with Crippen molar-refractivity contribution in [2.24, 2.45) is 5.92 Å². The number of alkyl halides is 3. The summed E-state index contributed by atoms with van der Waals surface area (Å²) in [6, 6.07) is 2.81. The maximum atomic E-state index is 12.7. The molecule has 2 heterocycles. The van der Waals surface area contributed by atoms with E-state index in [-0.39, 0.29) is 41.7 Å². The summed E-state index contributed by atoms with van der Waals surface area (Å²) in [5, 5.41) is -0.457. The van der Waals surface area contributed by atoms with E-state index < -0.39 is 43.8 Å². The predicted octanol–water partition coefficient (Wildman–Crippen LogP) is 4.16. The van der Waals surface area contributed by atoms with Crippen LogP contribution in [0.5, 0.6) is 11.5 Å². The number of carbonyl (C=O) groups excluding carboxylic acids is 1. The number of nitrogens with zero attached hydrogens (tertiary/aromatic N) is 1. The Balaban J connectivity index is 2.20. The number of pyridine rings is 1. The zero-order valence-electron chi connectivity index (χ0n) is 17.6. The molecular weight excluding hydrogens is 491 g/mol. The number of carbonyl (C=O) groups is 1. The average Bonchev–Trinajstić information content (AvgIpc) is 2.83. The Morgan fingerprint density at radius 3 is 2.55 bits per heavy atom. The van der Waals surface area contributed by atoms with E-state index in [9.17, 15) is 31.2 Å². The van der Waals surface area contributed by atoms with Crippen LogP contribution in [0.4, 0.5) is 13.2 Å². The molecule has 33 heavy (non-hydrogen) atoms. The monoisotopic (exact) mass is 509 g/mol. The molecule has 0 fully saturated rings. The van der Waals surface area contributed by atoms with Crippen LogP contribution in [0.1, 0.15) is 37.2 Å². The van der Waals surface area contributed by atoms with Crippen LogP contribution in [0.3, 0.4) is 0 Å². The molecule has 0 saturated carbocycles. The Labute approximate surface area is 191 Å². The fourth-order valence-electron chi connectivity index (χ4n) is 3.25. The van der Waals surface area contributed by atoms with Gasteiger partial charge in [0, 0.05) is 23.9 Å². The molecule has 0 aliphatic carbocycles. The van der Waals surface area contributed by atoms with Crippen LogP contribution < -0.4 is 14.3 Å². The first-order chi connectivity index (χ1) is 15.3. The molecule has 8 nitrogen and oxygen atoms in total. The van der Waals surface area contributed by atoms with E-state index in [0.29, 0.717) is 0 Å². The summed E-state index contributed by atoms with van der Waals surface area (Å²) in [7, 11) is -5.97. The molecule has 2 aromatic rings. The van der Waals surface area contributed by atoms with Crippen LogP contribution in [-0.2, 0) is 14.9 Å². The van der Waals surface area contributed by atoms with Crippen molar-refractivity contribution in [2.75, 3.05) is 13.2 Å². The van der Waals surface area contributed by atoms with Crippen LogP contribution >= 0.6 is 11.6 Å². The van der Waals surface area contributed by atoms with E-state index in [1.807, 2.05) is 13.8 Å². The van der Waals surface area contributed by atoms with Gasteiger partial charge in [0.1, 0.15) is 17.9 Å². The summed E-state index contributed by atoms with van der Waals surface area (Å²) in [4.78, 5) is 24.9. The summed E-state index contributed by atoms with van der Waals surface area (Å²) in [6.45, 7) is 5.40. The molecule has 1 atom stereocenters. The third-order valence-electron chi connectivity index (χ3n) is 4.90. The first-order valence-electron chi connectivity index (χ1n) is 9.67. The van der Waals surface area contributed by atoms with Crippen molar-refractivity contribution in [3.8, 4) is 22.8 Å². The minimum absolute atomic E-state index is 0.00407. The minimum atomic E-state index is -5.97. The van der Waals surface area contributed by atoms with Gasteiger partial charge in [-0.15, -0.1) is 0 Å². The highest BCUT2D eigenvalue weighted by Crippen LogP contribution is 2.43. The van der Waals surface area contributed by atoms with Gasteiger partial charge in [-0.25, -0.2) is 4.79 Å². The first-order valence-corrected chi connectivity index (χ1v) is 11.5. The zero-order chi connectivity index (χ0) is 24.7. The third-order valence-corrected chi connectivity index (χ3v) is 6.17. The highest BCUT2D eigenvalue weighted by atomic mass is 35.5. The van der Waals surface area contributed by atoms with Crippen LogP contribution in [0.2, 0.25) is 5.02 Å². The van der Waals surface area contributed by atoms with Crippen LogP contribution in [0.25, 0.3) is 11.3 Å². The molecule has 13 heteroatoms. The van der Waals surface area contributed by atoms with Gasteiger partial charge in [0.25, 0.3) is 0 Å². The Hall–Kier alpha value is -2.73. The maximum absolute atomic E-state index is 12.7. The number of fused-ring (bicyclic) bond motifs is 3. The van der Waals surface area contributed by atoms with Crippen molar-refractivity contribution in [3.63, 3.8) is 0 Å². The number of hydrogen-bond acceptors (Lipinski definition) is 7. The lowest BCUT2D eigenvalue weighted by Gasteiger charge is -2.24. The second-order valence-electron chi connectivity index (χ2n) is 7.45. The summed E-state index contributed by atoms with van der Waals surface area (Å²) < 4.78 is 77.5. The van der Waals surface area contributed by atoms with Crippen molar-refractivity contribution in [3.05, 3.63) is 45.2 Å². The lowest BCUT2D eigenvalue weighted by atomic mass is 10.0. The molecule has 1 aromatic heterocycles. The largest absolute Gasteiger partial charge is 0.534 e. The Morgan fingerprint density at radius 1 is 1.30 bits per heavy atom. The van der Waals surface area contributed by atoms with Crippen LogP contribution in [0, 0.1) is 5.92 Å². The SMILES string of the molecule is CCOC(=O)c1cn2c(cc1=O)-c1cc(Cl)c(OS(=O)(=O)C(F)(F)F)cc1OC[C@H]2C(C)C. The summed E-state index contributed by atoms with van der Waals surface area (Å²) in [5.41, 5.74) is -6.03. The van der Waals surface area contributed by atoms with Gasteiger partial charge in [0.15, 0.2) is 11.2 Å². The van der Waals surface area contributed by atoms with Gasteiger partial charge < -0.3 is 18.2 Å². The van der Waals surface area contributed by atoms with E-state index in [0.717, 1.165) is 12.1 Å². The van der Waals surface area contributed by atoms with E-state index >= 15 is 0 Å². The summed E-state index contributed by atoms with van der Waals surface area (Å²) in [5.74, 6) is -1.70. The first kappa shape index (κ1) is 24.9. The van der Waals surface area contributed by atoms with Crippen molar-refractivity contribution >= 4 is 27.7 Å². The van der Waals surface area contributed by atoms with Gasteiger partial charge in [-0.1, -0.05) is 25.4 Å². The fourth-order valence-corrected chi connectivity index (χ4v) is 3.97. The second-order valence-corrected chi connectivity index (χ2v) is 9.39. The number of esters is 1. The molecule has 0 radical (unpaired) electrons. The standard InChI is InChI=1S/C20H19ClF3NO7S/c1-4-30-19(27)12-8-25-14(6-16(12)26)11-5-13(21)18(32-33(28,29)20(22,23)24)7-17(11)31-9-15(25)10(2)3/h5-8,10,15H,4,9H2,1-3H3/t15-/m0/s1. The van der Waals surface area contributed by atoms with E-state index in [2.05, 4.69) is 4.18 Å². The molecule has 0 bridgehead atoms. The molecule has 0 unspecified atom stereocenters.